The predicted octanol–water partition coefficient (Wildman–Crippen LogP) is 19.8. The first kappa shape index (κ1) is 83.4. The van der Waals surface area contributed by atoms with Crippen LogP contribution in [-0.2, 0) is 45.2 Å². The van der Waals surface area contributed by atoms with Crippen molar-refractivity contribution in [3.8, 4) is 92.3 Å². The van der Waals surface area contributed by atoms with Crippen LogP contribution in [0.2, 0.25) is 0 Å². The van der Waals surface area contributed by atoms with Gasteiger partial charge in [-0.15, -0.1) is 0 Å². The molecular weight excluding hydrogens is 1480 g/mol. The van der Waals surface area contributed by atoms with Gasteiger partial charge in [0.25, 0.3) is 5.91 Å². The summed E-state index contributed by atoms with van der Waals surface area (Å²) in [5, 5.41) is 70.6. The average Bonchev–Trinajstić information content (AvgIpc) is 1.63. The molecule has 1 atom stereocenters. The molecule has 22 heteroatoms. The Labute approximate surface area is 660 Å². The number of fused-ring (bicyclic) bond motifs is 4. The second-order valence-corrected chi connectivity index (χ2v) is 29.3. The normalized spacial score (nSPS) is 12.3. The molecule has 1 saturated heterocycles. The zero-order valence-electron chi connectivity index (χ0n) is 65.5. The summed E-state index contributed by atoms with van der Waals surface area (Å²) in [6.07, 6.45) is -1.90. The van der Waals surface area contributed by atoms with E-state index in [-0.39, 0.29) is 40.9 Å². The van der Waals surface area contributed by atoms with Gasteiger partial charge < -0.3 is 62.2 Å². The standard InChI is InChI=1S/C24H25N3O3.C23H24N2O3.C19H16N2O3.C18H16N2O.C6H11BrO2/c1-3-27-22-12-16(2)4-9-20(22)21(13-25)24(27)17-5-7-19(8-6-17)30-15-23(29)26-11-10-18(28)14-26;1-6-25-20-13-15(2)7-12-18(20)19(14-24)21(25)16-8-10-17(11-9-16)27-22(26)28-23(3,4)5;1-3-21-17-10-12(2)4-9-15(17)16(11-20)18(21)13-5-7-14(8-6-13)24-19(22)23;1-3-20-17-10-12(2)4-9-15(17)16(11-19)18(20)13-5-7-14(21)8-6-13;1-6(2,3)9-5(8)4-7/h4-9,12,18,28H,3,10-11,14-15H2,1-2H3;7-13H,6H2,1-5H3;4-10H,3H2,1-2H3,(H,22,23);4-10,21H,3H2,1-2H3;4H2,1-3H3/t18-;;;;/m0..../s1. The van der Waals surface area contributed by atoms with Crippen LogP contribution in [0.15, 0.2) is 170 Å². The fourth-order valence-electron chi connectivity index (χ4n) is 13.5. The molecule has 3 N–H and O–H groups in total. The summed E-state index contributed by atoms with van der Waals surface area (Å²) in [5.74, 6) is 1.13. The van der Waals surface area contributed by atoms with E-state index >= 15 is 0 Å². The van der Waals surface area contributed by atoms with Crippen molar-refractivity contribution in [2.24, 2.45) is 0 Å². The molecule has 12 aromatic rings. The lowest BCUT2D eigenvalue weighted by atomic mass is 10.1. The van der Waals surface area contributed by atoms with E-state index in [0.29, 0.717) is 53.3 Å². The number of carboxylic acid groups (broad SMARTS) is 1. The van der Waals surface area contributed by atoms with Gasteiger partial charge in [-0.3, -0.25) is 9.59 Å². The fraction of sp³-hybridized carbons (Fsp3) is 0.289. The molecule has 21 nitrogen and oxygen atoms in total. The van der Waals surface area contributed by atoms with E-state index in [2.05, 4.69) is 122 Å². The minimum absolute atomic E-state index is 0.0516. The Morgan fingerprint density at radius 1 is 0.464 bits per heavy atom. The van der Waals surface area contributed by atoms with Crippen molar-refractivity contribution in [3.05, 3.63) is 214 Å². The zero-order chi connectivity index (χ0) is 81.5. The molecule has 0 bridgehead atoms. The van der Waals surface area contributed by atoms with Crippen LogP contribution in [0.4, 0.5) is 9.59 Å². The van der Waals surface area contributed by atoms with Crippen LogP contribution in [0.5, 0.6) is 23.0 Å². The summed E-state index contributed by atoms with van der Waals surface area (Å²) in [4.78, 5) is 46.8. The van der Waals surface area contributed by atoms with Gasteiger partial charge >= 0.3 is 18.3 Å². The maximum atomic E-state index is 12.2. The highest BCUT2D eigenvalue weighted by atomic mass is 79.9. The number of halogens is 1. The largest absolute Gasteiger partial charge is 0.514 e. The lowest BCUT2D eigenvalue weighted by molar-refractivity contribution is -0.151. The van der Waals surface area contributed by atoms with Crippen molar-refractivity contribution in [1.29, 1.82) is 21.0 Å². The number of amides is 1. The van der Waals surface area contributed by atoms with E-state index in [9.17, 15) is 50.4 Å². The van der Waals surface area contributed by atoms with E-state index in [1.807, 2.05) is 139 Å². The van der Waals surface area contributed by atoms with Crippen LogP contribution in [0, 0.1) is 73.0 Å². The number of rotatable bonds is 14. The Bertz CT molecular complexity index is 5610. The van der Waals surface area contributed by atoms with Crippen LogP contribution in [0.3, 0.4) is 0 Å². The number of carbonyl (C=O) groups is 4. The van der Waals surface area contributed by atoms with Crippen molar-refractivity contribution in [3.63, 3.8) is 0 Å². The Morgan fingerprint density at radius 2 is 0.777 bits per heavy atom. The minimum atomic E-state index is -1.35. The number of aromatic hydroxyl groups is 1. The second-order valence-electron chi connectivity index (χ2n) is 28.7. The van der Waals surface area contributed by atoms with E-state index < -0.39 is 24.0 Å². The Kier molecular flexibility index (Phi) is 27.4. The number of phenolic OH excluding ortho intramolecular Hbond substituents is 1. The number of likely N-dealkylation sites (tertiary alicyclic amines) is 1. The molecule has 0 saturated carbocycles. The van der Waals surface area contributed by atoms with Crippen LogP contribution in [0.1, 0.15) is 120 Å². The molecule has 0 spiro atoms. The lowest BCUT2D eigenvalue weighted by Crippen LogP contribution is -2.33. The number of aryl methyl sites for hydroxylation is 8. The van der Waals surface area contributed by atoms with Gasteiger partial charge in [0.15, 0.2) is 6.61 Å². The lowest BCUT2D eigenvalue weighted by Gasteiger charge is -2.18. The third-order valence-electron chi connectivity index (χ3n) is 18.3. The van der Waals surface area contributed by atoms with Gasteiger partial charge in [0, 0.05) is 60.8 Å². The number of hydrogen-bond acceptors (Lipinski definition) is 15. The molecule has 576 valence electrons. The Balaban J connectivity index is 0.000000166. The molecule has 0 radical (unpaired) electrons. The smallest absolute Gasteiger partial charge is 0.508 e. The predicted molar refractivity (Wildman–Crippen MR) is 440 cm³/mol. The van der Waals surface area contributed by atoms with Gasteiger partial charge in [0.05, 0.1) is 73.2 Å². The summed E-state index contributed by atoms with van der Waals surface area (Å²) in [7, 11) is 0. The van der Waals surface area contributed by atoms with Gasteiger partial charge in [-0.2, -0.15) is 21.0 Å². The molecule has 1 amide bonds. The molecular formula is C90H92BrN9O12. The summed E-state index contributed by atoms with van der Waals surface area (Å²) in [6.45, 7) is 31.2. The summed E-state index contributed by atoms with van der Waals surface area (Å²) in [6, 6.07) is 62.2. The van der Waals surface area contributed by atoms with E-state index in [4.69, 9.17) is 24.1 Å². The molecule has 5 heterocycles. The SMILES string of the molecule is CC(C)(C)OC(=O)CBr.CCn1c(-c2ccc(O)cc2)c(C#N)c2ccc(C)cc21.CCn1c(-c2ccc(OC(=O)O)cc2)c(C#N)c2ccc(C)cc21.CCn1c(-c2ccc(OC(=O)OC(C)(C)C)cc2)c(C#N)c2ccc(C)cc21.CCn1c(-c2ccc(OCC(=O)N3CC[C@H](O)C3)cc2)c(C#N)c2ccc(C)cc21. The summed E-state index contributed by atoms with van der Waals surface area (Å²) >= 11 is 2.99. The number of aromatic nitrogens is 4. The number of phenols is 1. The number of ether oxygens (including phenoxy) is 5. The molecule has 8 aromatic carbocycles. The van der Waals surface area contributed by atoms with E-state index in [1.165, 1.54) is 5.56 Å². The molecule has 112 heavy (non-hydrogen) atoms. The number of nitrogens with zero attached hydrogens (tertiary/aromatic N) is 9. The molecule has 0 unspecified atom stereocenters. The highest BCUT2D eigenvalue weighted by Crippen LogP contribution is 2.40. The third kappa shape index (κ3) is 19.9. The Hall–Kier alpha value is -12.6. The molecule has 1 aliphatic heterocycles. The van der Waals surface area contributed by atoms with Crippen LogP contribution in [-0.4, -0.2) is 105 Å². The van der Waals surface area contributed by atoms with Crippen LogP contribution < -0.4 is 14.2 Å². The highest BCUT2D eigenvalue weighted by Gasteiger charge is 2.27. The van der Waals surface area contributed by atoms with Gasteiger partial charge in [0.1, 0.15) is 63.8 Å². The van der Waals surface area contributed by atoms with Crippen LogP contribution >= 0.6 is 15.9 Å². The monoisotopic (exact) mass is 1570 g/mol. The Morgan fingerprint density at radius 3 is 1.04 bits per heavy atom. The minimum Gasteiger partial charge on any atom is -0.508 e. The fourth-order valence-corrected chi connectivity index (χ4v) is 13.7. The molecule has 0 aliphatic carbocycles. The number of aliphatic hydroxyl groups excluding tert-OH is 1. The van der Waals surface area contributed by atoms with Gasteiger partial charge in [0.2, 0.25) is 0 Å². The van der Waals surface area contributed by atoms with Gasteiger partial charge in [-0.1, -0.05) is 64.5 Å². The number of hydrogen-bond donors (Lipinski definition) is 3. The van der Waals surface area contributed by atoms with Crippen molar-refractivity contribution >= 4 is 83.7 Å². The highest BCUT2D eigenvalue weighted by molar-refractivity contribution is 9.09. The second kappa shape index (κ2) is 36.7. The third-order valence-corrected chi connectivity index (χ3v) is 18.8. The first-order valence-corrected chi connectivity index (χ1v) is 37.9. The number of benzene rings is 8. The maximum Gasteiger partial charge on any atom is 0.514 e. The van der Waals surface area contributed by atoms with Gasteiger partial charge in [-0.05, 0) is 269 Å². The van der Waals surface area contributed by atoms with Crippen molar-refractivity contribution in [1.82, 2.24) is 23.2 Å². The number of esters is 1. The number of nitriles is 4. The number of carbonyl (C=O) groups excluding carboxylic acids is 3. The first-order valence-electron chi connectivity index (χ1n) is 36.8. The number of β-amino-alcohol motifs (C(OH)–C–C–N with tert-alkyl or cyclic N) is 1. The van der Waals surface area contributed by atoms with E-state index in [1.54, 1.807) is 74.2 Å². The summed E-state index contributed by atoms with van der Waals surface area (Å²) in [5.41, 5.74) is 17.6. The van der Waals surface area contributed by atoms with Crippen molar-refractivity contribution in [2.45, 2.75) is 147 Å². The molecule has 1 aliphatic rings. The van der Waals surface area contributed by atoms with Gasteiger partial charge in [-0.25, -0.2) is 9.59 Å². The first-order chi connectivity index (χ1) is 53.4. The number of aliphatic hydroxyl groups is 1. The average molecular weight is 1570 g/mol. The summed E-state index contributed by atoms with van der Waals surface area (Å²) < 4.78 is 34.2. The molecule has 1 fully saturated rings. The number of alkyl halides is 1. The zero-order valence-corrected chi connectivity index (χ0v) is 67.1. The molecule has 4 aromatic heterocycles. The van der Waals surface area contributed by atoms with Crippen LogP contribution in [0.25, 0.3) is 88.6 Å². The van der Waals surface area contributed by atoms with Crippen molar-refractivity contribution in [2.75, 3.05) is 25.0 Å². The topological polar surface area (TPSA) is 293 Å². The quantitative estimate of drug-likeness (QED) is 0.0518. The van der Waals surface area contributed by atoms with Crippen molar-refractivity contribution < 1.29 is 58.2 Å². The van der Waals surface area contributed by atoms with E-state index in [0.717, 1.165) is 132 Å². The maximum absolute atomic E-state index is 12.2. The molecule has 13 rings (SSSR count).